The van der Waals surface area contributed by atoms with Crippen LogP contribution in [0.3, 0.4) is 0 Å². The maximum atomic E-state index is 12.8. The smallest absolute Gasteiger partial charge is 0.411 e. The highest BCUT2D eigenvalue weighted by atomic mass is 32.2. The van der Waals surface area contributed by atoms with Crippen LogP contribution in [0.15, 0.2) is 29.2 Å². The average molecular weight is 438 g/mol. The van der Waals surface area contributed by atoms with E-state index in [9.17, 15) is 18.0 Å². The van der Waals surface area contributed by atoms with Crippen LogP contribution < -0.4 is 5.32 Å². The Hall–Kier alpha value is -2.13. The van der Waals surface area contributed by atoms with Gasteiger partial charge in [-0.2, -0.15) is 0 Å². The molecular formula is C21H31N3O5S. The van der Waals surface area contributed by atoms with Gasteiger partial charge >= 0.3 is 6.09 Å². The number of hydrogen-bond donors (Lipinski definition) is 1. The molecule has 2 aliphatic heterocycles. The summed E-state index contributed by atoms with van der Waals surface area (Å²) in [5.41, 5.74) is 0.950. The number of carbonyl (C=O) groups is 2. The molecule has 2 amide bonds. The molecule has 8 nitrogen and oxygen atoms in total. The molecule has 3 rings (SSSR count). The van der Waals surface area contributed by atoms with Crippen LogP contribution in [0.5, 0.6) is 0 Å². The molecule has 0 spiro atoms. The first kappa shape index (κ1) is 22.6. The number of piperazine rings is 1. The Balaban J connectivity index is 1.87. The number of sulfone groups is 1. The van der Waals surface area contributed by atoms with Crippen molar-refractivity contribution in [2.24, 2.45) is 0 Å². The molecule has 1 aromatic rings. The fourth-order valence-corrected chi connectivity index (χ4v) is 5.14. The van der Waals surface area contributed by atoms with Crippen molar-refractivity contribution in [1.29, 1.82) is 0 Å². The highest BCUT2D eigenvalue weighted by Crippen LogP contribution is 2.34. The Kier molecular flexibility index (Phi) is 6.43. The predicted molar refractivity (Wildman–Crippen MR) is 113 cm³/mol. The minimum atomic E-state index is -3.26. The quantitative estimate of drug-likeness (QED) is 0.780. The van der Waals surface area contributed by atoms with E-state index in [-0.39, 0.29) is 41.2 Å². The molecule has 4 atom stereocenters. The van der Waals surface area contributed by atoms with E-state index in [1.807, 2.05) is 25.7 Å². The average Bonchev–Trinajstić information content (AvgIpc) is 2.65. The second kappa shape index (κ2) is 8.55. The van der Waals surface area contributed by atoms with Crippen molar-refractivity contribution in [2.45, 2.75) is 75.8 Å². The van der Waals surface area contributed by atoms with E-state index in [0.717, 1.165) is 18.4 Å². The van der Waals surface area contributed by atoms with Gasteiger partial charge in [-0.15, -0.1) is 0 Å². The largest absolute Gasteiger partial charge is 0.447 e. The number of fused-ring (bicyclic) bond motifs is 1. The van der Waals surface area contributed by atoms with Gasteiger partial charge in [0, 0.05) is 31.8 Å². The topological polar surface area (TPSA) is 96.0 Å². The lowest BCUT2D eigenvalue weighted by Crippen LogP contribution is -2.71. The van der Waals surface area contributed by atoms with Crippen molar-refractivity contribution in [3.8, 4) is 0 Å². The standard InChI is InChI=1S/C21H31N3O5S/c1-13(2)29-21(26)23-12-14(3)24(15(4)25)19-11-10-18(22-20(19)23)16-6-8-17(9-7-16)30(5,27)28/h6-9,13-14,18-20,22H,10-12H2,1-5H3. The van der Waals surface area contributed by atoms with Gasteiger partial charge in [-0.25, -0.2) is 13.2 Å². The van der Waals surface area contributed by atoms with Gasteiger partial charge in [-0.1, -0.05) is 12.1 Å². The number of nitrogens with one attached hydrogen (secondary N) is 1. The van der Waals surface area contributed by atoms with E-state index in [2.05, 4.69) is 5.32 Å². The molecule has 0 bridgehead atoms. The molecule has 1 N–H and O–H groups in total. The number of rotatable bonds is 3. The summed E-state index contributed by atoms with van der Waals surface area (Å²) in [5.74, 6) is -0.00728. The summed E-state index contributed by atoms with van der Waals surface area (Å²) in [5, 5.41) is 3.52. The molecule has 2 saturated heterocycles. The molecule has 4 unspecified atom stereocenters. The zero-order chi connectivity index (χ0) is 22.2. The molecule has 0 aliphatic carbocycles. The molecular weight excluding hydrogens is 406 g/mol. The summed E-state index contributed by atoms with van der Waals surface area (Å²) in [6.45, 7) is 7.52. The van der Waals surface area contributed by atoms with Crippen LogP contribution in [0.1, 0.15) is 52.1 Å². The fraction of sp³-hybridized carbons (Fsp3) is 0.619. The van der Waals surface area contributed by atoms with Crippen LogP contribution in [0.25, 0.3) is 0 Å². The van der Waals surface area contributed by atoms with Crippen molar-refractivity contribution in [3.63, 3.8) is 0 Å². The van der Waals surface area contributed by atoms with Crippen molar-refractivity contribution < 1.29 is 22.7 Å². The van der Waals surface area contributed by atoms with Gasteiger partial charge in [0.2, 0.25) is 5.91 Å². The van der Waals surface area contributed by atoms with Crippen molar-refractivity contribution >= 4 is 21.8 Å². The monoisotopic (exact) mass is 437 g/mol. The second-order valence-corrected chi connectivity index (χ2v) is 10.5. The Morgan fingerprint density at radius 1 is 1.17 bits per heavy atom. The highest BCUT2D eigenvalue weighted by molar-refractivity contribution is 7.90. The molecule has 2 fully saturated rings. The first-order valence-electron chi connectivity index (χ1n) is 10.3. The summed E-state index contributed by atoms with van der Waals surface area (Å²) >= 11 is 0. The summed E-state index contributed by atoms with van der Waals surface area (Å²) in [6.07, 6.45) is 1.68. The zero-order valence-corrected chi connectivity index (χ0v) is 19.0. The molecule has 30 heavy (non-hydrogen) atoms. The van der Waals surface area contributed by atoms with Gasteiger partial charge in [0.15, 0.2) is 9.84 Å². The van der Waals surface area contributed by atoms with Crippen LogP contribution in [0, 0.1) is 0 Å². The number of hydrogen-bond acceptors (Lipinski definition) is 6. The van der Waals surface area contributed by atoms with Crippen molar-refractivity contribution in [1.82, 2.24) is 15.1 Å². The number of benzene rings is 1. The second-order valence-electron chi connectivity index (χ2n) is 8.51. The molecule has 1 aromatic carbocycles. The molecule has 0 saturated carbocycles. The Morgan fingerprint density at radius 3 is 2.33 bits per heavy atom. The van der Waals surface area contributed by atoms with Crippen LogP contribution in [0.2, 0.25) is 0 Å². The maximum absolute atomic E-state index is 12.8. The maximum Gasteiger partial charge on any atom is 0.411 e. The molecule has 0 aromatic heterocycles. The summed E-state index contributed by atoms with van der Waals surface area (Å²) in [4.78, 5) is 28.9. The lowest BCUT2D eigenvalue weighted by molar-refractivity contribution is -0.143. The van der Waals surface area contributed by atoms with Crippen molar-refractivity contribution in [2.75, 3.05) is 12.8 Å². The number of amides is 2. The van der Waals surface area contributed by atoms with Gasteiger partial charge < -0.3 is 9.64 Å². The van der Waals surface area contributed by atoms with Crippen LogP contribution in [0.4, 0.5) is 4.79 Å². The third-order valence-electron chi connectivity index (χ3n) is 5.76. The Bertz CT molecular complexity index is 900. The number of ether oxygens (including phenoxy) is 1. The van der Waals surface area contributed by atoms with E-state index in [4.69, 9.17) is 4.74 Å². The zero-order valence-electron chi connectivity index (χ0n) is 18.2. The molecule has 2 heterocycles. The normalized spacial score (nSPS) is 27.0. The van der Waals surface area contributed by atoms with Crippen LogP contribution in [-0.4, -0.2) is 67.4 Å². The third-order valence-corrected chi connectivity index (χ3v) is 6.89. The summed E-state index contributed by atoms with van der Waals surface area (Å²) in [6, 6.07) is 6.52. The van der Waals surface area contributed by atoms with E-state index in [0.29, 0.717) is 6.54 Å². The lowest BCUT2D eigenvalue weighted by atomic mass is 9.89. The fourth-order valence-electron chi connectivity index (χ4n) is 4.51. The minimum absolute atomic E-state index is 0.00728. The SMILES string of the molecule is CC(=O)N1C(C)CN(C(=O)OC(C)C)C2NC(c3ccc(S(C)(=O)=O)cc3)CCC21. The highest BCUT2D eigenvalue weighted by Gasteiger charge is 2.47. The summed E-state index contributed by atoms with van der Waals surface area (Å²) < 4.78 is 28.9. The number of nitrogens with zero attached hydrogens (tertiary/aromatic N) is 2. The lowest BCUT2D eigenvalue weighted by Gasteiger charge is -2.53. The summed E-state index contributed by atoms with van der Waals surface area (Å²) in [7, 11) is -3.26. The molecule has 0 radical (unpaired) electrons. The first-order valence-corrected chi connectivity index (χ1v) is 12.2. The third kappa shape index (κ3) is 4.62. The molecule has 2 aliphatic rings. The minimum Gasteiger partial charge on any atom is -0.447 e. The van der Waals surface area contributed by atoms with Gasteiger partial charge in [0.25, 0.3) is 0 Å². The molecule has 9 heteroatoms. The first-order chi connectivity index (χ1) is 14.0. The van der Waals surface area contributed by atoms with Crippen molar-refractivity contribution in [3.05, 3.63) is 29.8 Å². The van der Waals surface area contributed by atoms with E-state index >= 15 is 0 Å². The van der Waals surface area contributed by atoms with Crippen LogP contribution in [-0.2, 0) is 19.4 Å². The van der Waals surface area contributed by atoms with Gasteiger partial charge in [0.1, 0.15) is 6.17 Å². The van der Waals surface area contributed by atoms with E-state index in [1.54, 1.807) is 36.1 Å². The van der Waals surface area contributed by atoms with E-state index in [1.165, 1.54) is 6.26 Å². The van der Waals surface area contributed by atoms with Gasteiger partial charge in [-0.3, -0.25) is 15.0 Å². The van der Waals surface area contributed by atoms with E-state index < -0.39 is 15.9 Å². The number of piperidine rings is 1. The van der Waals surface area contributed by atoms with Gasteiger partial charge in [0.05, 0.1) is 17.0 Å². The number of carbonyl (C=O) groups excluding carboxylic acids is 2. The molecule has 166 valence electrons. The van der Waals surface area contributed by atoms with Crippen LogP contribution >= 0.6 is 0 Å². The predicted octanol–water partition coefficient (Wildman–Crippen LogP) is 2.31. The Morgan fingerprint density at radius 2 is 1.80 bits per heavy atom. The Labute approximate surface area is 178 Å². The van der Waals surface area contributed by atoms with Gasteiger partial charge in [-0.05, 0) is 51.3 Å².